The van der Waals surface area contributed by atoms with Gasteiger partial charge in [0.15, 0.2) is 0 Å². The fourth-order valence-electron chi connectivity index (χ4n) is 7.09. The normalized spacial score (nSPS) is 12.1. The maximum atomic E-state index is 11.5. The minimum absolute atomic E-state index is 0.342. The number of nitriles is 1. The molecule has 5 aromatic heterocycles. The zero-order chi connectivity index (χ0) is 33.4. The summed E-state index contributed by atoms with van der Waals surface area (Å²) in [6.45, 7) is 0. The third-order valence-corrected chi connectivity index (χ3v) is 9.81. The van der Waals surface area contributed by atoms with Crippen molar-refractivity contribution in [3.8, 4) is 17.3 Å². The molecule has 0 saturated heterocycles. The molecule has 9 rings (SSSR count). The van der Waals surface area contributed by atoms with E-state index < -0.39 is 5.97 Å². The van der Waals surface area contributed by atoms with Crippen molar-refractivity contribution in [1.29, 1.82) is 5.26 Å². The summed E-state index contributed by atoms with van der Waals surface area (Å²) in [6, 6.07) is 35.1. The maximum Gasteiger partial charge on any atom is 0.346 e. The molecule has 236 valence electrons. The number of fused-ring (bicyclic) bond motifs is 10. The summed E-state index contributed by atoms with van der Waals surface area (Å²) < 4.78 is 13.8. The van der Waals surface area contributed by atoms with Gasteiger partial charge in [-0.05, 0) is 60.2 Å². The second-order valence-electron chi connectivity index (χ2n) is 12.0. The first-order chi connectivity index (χ1) is 23.9. The van der Waals surface area contributed by atoms with Gasteiger partial charge in [-0.2, -0.15) is 14.0 Å². The molecule has 0 radical (unpaired) electrons. The number of hydrogen-bond acceptors (Lipinski definition) is 6. The lowest BCUT2D eigenvalue weighted by molar-refractivity contribution is -0.132. The first-order valence-corrected chi connectivity index (χ1v) is 16.3. The van der Waals surface area contributed by atoms with Gasteiger partial charge in [0.25, 0.3) is 0 Å². The molecule has 0 aliphatic heterocycles. The van der Waals surface area contributed by atoms with Crippen LogP contribution in [0.2, 0.25) is 0 Å². The fraction of sp³-hybridized carbons (Fsp3) is 0.0526. The number of nitrogens with zero attached hydrogens (tertiary/aromatic N) is 6. The summed E-state index contributed by atoms with van der Waals surface area (Å²) in [4.78, 5) is 20.8. The van der Waals surface area contributed by atoms with Crippen molar-refractivity contribution < 1.29 is 9.90 Å². The van der Waals surface area contributed by atoms with Crippen LogP contribution in [-0.4, -0.2) is 38.9 Å². The van der Waals surface area contributed by atoms with E-state index >= 15 is 0 Å². The molecular weight excluding hydrogens is 633 g/mol. The summed E-state index contributed by atoms with van der Waals surface area (Å²) in [5.74, 6) is -1.27. The van der Waals surface area contributed by atoms with E-state index in [0.29, 0.717) is 5.69 Å². The molecule has 0 spiro atoms. The largest absolute Gasteiger partial charge is 0.477 e. The minimum Gasteiger partial charge on any atom is -0.477 e. The van der Waals surface area contributed by atoms with E-state index in [2.05, 4.69) is 110 Å². The summed E-state index contributed by atoms with van der Waals surface area (Å²) in [6.07, 6.45) is 1.35. The van der Waals surface area contributed by atoms with Crippen LogP contribution in [0.4, 0.5) is 17.1 Å². The van der Waals surface area contributed by atoms with Crippen LogP contribution >= 0.6 is 11.7 Å². The topological polar surface area (TPSA) is 132 Å². The second kappa shape index (κ2) is 10.7. The van der Waals surface area contributed by atoms with Crippen molar-refractivity contribution in [2.75, 3.05) is 4.90 Å². The monoisotopic (exact) mass is 658 g/mol. The van der Waals surface area contributed by atoms with E-state index in [-0.39, 0.29) is 5.57 Å². The Balaban J connectivity index is 1.19. The Kier molecular flexibility index (Phi) is 6.24. The first-order valence-electron chi connectivity index (χ1n) is 15.5. The highest BCUT2D eigenvalue weighted by Gasteiger charge is 2.26. The minimum atomic E-state index is -1.27. The number of hydrogen-bond donors (Lipinski definition) is 3. The van der Waals surface area contributed by atoms with Crippen molar-refractivity contribution in [3.63, 3.8) is 0 Å². The highest BCUT2D eigenvalue weighted by Crippen LogP contribution is 2.44. The van der Waals surface area contributed by atoms with E-state index in [0.717, 1.165) is 95.0 Å². The van der Waals surface area contributed by atoms with Crippen LogP contribution in [0.15, 0.2) is 103 Å². The van der Waals surface area contributed by atoms with E-state index in [4.69, 9.17) is 8.75 Å². The van der Waals surface area contributed by atoms with Gasteiger partial charge in [-0.1, -0.05) is 48.5 Å². The van der Waals surface area contributed by atoms with E-state index in [1.54, 1.807) is 6.07 Å². The van der Waals surface area contributed by atoms with Crippen molar-refractivity contribution in [3.05, 3.63) is 108 Å². The lowest BCUT2D eigenvalue weighted by Gasteiger charge is -2.25. The Labute approximate surface area is 282 Å². The fourth-order valence-corrected chi connectivity index (χ4v) is 7.64. The number of benzene rings is 4. The summed E-state index contributed by atoms with van der Waals surface area (Å²) >= 11 is 1.16. The number of carboxylic acids is 1. The van der Waals surface area contributed by atoms with E-state index in [1.807, 2.05) is 25.2 Å². The number of anilines is 3. The van der Waals surface area contributed by atoms with Gasteiger partial charge in [-0.25, -0.2) is 4.79 Å². The number of aryl methyl sites for hydroxylation is 2. The number of nitrogens with one attached hydrogen (secondary N) is 2. The van der Waals surface area contributed by atoms with Crippen LogP contribution in [-0.2, 0) is 18.9 Å². The van der Waals surface area contributed by atoms with E-state index in [1.165, 1.54) is 6.08 Å². The lowest BCUT2D eigenvalue weighted by Crippen LogP contribution is -2.09. The van der Waals surface area contributed by atoms with Crippen LogP contribution in [0.5, 0.6) is 0 Å². The number of para-hydroxylation sites is 2. The standard InChI is InChI=1S/C38H26N8O2S/c1-44-28-18-23(17-22(20-39)38(47)48)40-32(28)30-34-35(43-49-42-34)31-33-29(45(2)37(31)36(30)44)19-27(41-33)21-13-15-26(16-14-21)46(24-9-5-3-6-10-24)25-11-7-4-8-12-25/h3-19,40-41H,1-2H3,(H,47,48)/b22-17-. The van der Waals surface area contributed by atoms with Crippen molar-refractivity contribution in [2.45, 2.75) is 0 Å². The predicted molar refractivity (Wildman–Crippen MR) is 195 cm³/mol. The van der Waals surface area contributed by atoms with Gasteiger partial charge in [0.1, 0.15) is 22.7 Å². The average molecular weight is 659 g/mol. The van der Waals surface area contributed by atoms with Crippen molar-refractivity contribution in [1.82, 2.24) is 27.8 Å². The molecule has 0 fully saturated rings. The third-order valence-electron chi connectivity index (χ3n) is 9.28. The molecule has 3 N–H and O–H groups in total. The number of carbonyl (C=O) groups is 1. The molecule has 0 aliphatic rings. The zero-order valence-electron chi connectivity index (χ0n) is 26.3. The second-order valence-corrected chi connectivity index (χ2v) is 12.5. The summed E-state index contributed by atoms with van der Waals surface area (Å²) in [5.41, 5.74) is 12.8. The van der Waals surface area contributed by atoms with E-state index in [9.17, 15) is 15.2 Å². The average Bonchev–Trinajstić information content (AvgIpc) is 3.95. The first kappa shape index (κ1) is 28.6. The molecule has 11 heteroatoms. The number of aromatic nitrogens is 6. The van der Waals surface area contributed by atoms with Crippen molar-refractivity contribution in [2.24, 2.45) is 14.1 Å². The van der Waals surface area contributed by atoms with Gasteiger partial charge in [-0.3, -0.25) is 0 Å². The van der Waals surface area contributed by atoms with Gasteiger partial charge in [0.2, 0.25) is 0 Å². The number of aliphatic carboxylic acids is 1. The predicted octanol–water partition coefficient (Wildman–Crippen LogP) is 8.77. The molecule has 0 unspecified atom stereocenters. The quantitative estimate of drug-likeness (QED) is 0.121. The molecule has 0 amide bonds. The molecular formula is C38H26N8O2S. The lowest BCUT2D eigenvalue weighted by atomic mass is 10.1. The van der Waals surface area contributed by atoms with Crippen molar-refractivity contribution >= 4 is 95.7 Å². The van der Waals surface area contributed by atoms with Crippen LogP contribution in [0.1, 0.15) is 5.69 Å². The Morgan fingerprint density at radius 2 is 1.33 bits per heavy atom. The third kappa shape index (κ3) is 4.21. The maximum absolute atomic E-state index is 11.5. The van der Waals surface area contributed by atoms with Gasteiger partial charge in [-0.15, -0.1) is 0 Å². The number of aromatic amines is 2. The number of rotatable bonds is 6. The van der Waals surface area contributed by atoms with Gasteiger partial charge in [0.05, 0.1) is 55.6 Å². The molecule has 9 aromatic rings. The zero-order valence-corrected chi connectivity index (χ0v) is 27.1. The van der Waals surface area contributed by atoms with Crippen LogP contribution in [0.25, 0.3) is 72.2 Å². The molecule has 0 aliphatic carbocycles. The Hall–Kier alpha value is -6.64. The smallest absolute Gasteiger partial charge is 0.346 e. The summed E-state index contributed by atoms with van der Waals surface area (Å²) in [5, 5.41) is 20.6. The molecule has 0 saturated carbocycles. The molecule has 4 aromatic carbocycles. The molecule has 5 heterocycles. The highest BCUT2D eigenvalue weighted by molar-refractivity contribution is 7.00. The molecule has 0 bridgehead atoms. The molecule has 49 heavy (non-hydrogen) atoms. The SMILES string of the molecule is Cn1c2cc(/C=C(/C#N)C(=O)O)[nH]c2c2c3nsnc3c3c4[nH]c(-c5ccc(N(c6ccccc6)c6ccccc6)cc5)cc4n(C)c3c21. The van der Waals surface area contributed by atoms with Gasteiger partial charge >= 0.3 is 5.97 Å². The Morgan fingerprint density at radius 3 is 1.88 bits per heavy atom. The van der Waals surface area contributed by atoms with Crippen LogP contribution in [0.3, 0.4) is 0 Å². The van der Waals surface area contributed by atoms with Crippen LogP contribution in [0, 0.1) is 11.3 Å². The van der Waals surface area contributed by atoms with Crippen LogP contribution < -0.4 is 4.90 Å². The van der Waals surface area contributed by atoms with Gasteiger partial charge < -0.3 is 29.1 Å². The van der Waals surface area contributed by atoms with Gasteiger partial charge in [0, 0.05) is 42.5 Å². The Bertz CT molecular complexity index is 2790. The Morgan fingerprint density at radius 1 is 0.796 bits per heavy atom. The summed E-state index contributed by atoms with van der Waals surface area (Å²) in [7, 11) is 4.05. The molecule has 10 nitrogen and oxygen atoms in total. The highest BCUT2D eigenvalue weighted by atomic mass is 32.1. The number of carboxylic acid groups (broad SMARTS) is 1. The molecule has 0 atom stereocenters. The number of H-pyrrole nitrogens is 2.